The van der Waals surface area contributed by atoms with Gasteiger partial charge in [-0.2, -0.15) is 0 Å². The highest BCUT2D eigenvalue weighted by atomic mass is 32.1. The smallest absolute Gasteiger partial charge is 0.269 e. The van der Waals surface area contributed by atoms with E-state index in [0.717, 1.165) is 12.0 Å². The van der Waals surface area contributed by atoms with Crippen LogP contribution in [0.4, 0.5) is 5.69 Å². The Bertz CT molecular complexity index is 585. The minimum atomic E-state index is -0.370. The summed E-state index contributed by atoms with van der Waals surface area (Å²) in [6.45, 7) is 4.25. The van der Waals surface area contributed by atoms with E-state index in [9.17, 15) is 10.1 Å². The standard InChI is InChI=1S/C15H18N2O2S/c1-10-8-15(20-11(10)2)14(16-3)9-12-4-6-13(7-5-12)17(18)19/h4-8,14,16H,9H2,1-3H3. The van der Waals surface area contributed by atoms with Gasteiger partial charge in [-0.15, -0.1) is 11.3 Å². The van der Waals surface area contributed by atoms with Gasteiger partial charge in [-0.3, -0.25) is 10.1 Å². The van der Waals surface area contributed by atoms with Gasteiger partial charge in [0.05, 0.1) is 4.92 Å². The molecule has 0 bridgehead atoms. The summed E-state index contributed by atoms with van der Waals surface area (Å²) >= 11 is 1.80. The number of nitrogens with one attached hydrogen (secondary N) is 1. The van der Waals surface area contributed by atoms with Crippen LogP contribution in [0.15, 0.2) is 30.3 Å². The van der Waals surface area contributed by atoms with Crippen molar-refractivity contribution in [2.75, 3.05) is 7.05 Å². The van der Waals surface area contributed by atoms with Gasteiger partial charge in [0.25, 0.3) is 5.69 Å². The van der Waals surface area contributed by atoms with Crippen LogP contribution in [-0.2, 0) is 6.42 Å². The molecule has 1 N–H and O–H groups in total. The minimum absolute atomic E-state index is 0.137. The van der Waals surface area contributed by atoms with Crippen molar-refractivity contribution < 1.29 is 4.92 Å². The molecule has 0 aliphatic heterocycles. The molecule has 2 rings (SSSR count). The highest BCUT2D eigenvalue weighted by molar-refractivity contribution is 7.12. The molecule has 0 spiro atoms. The molecule has 0 aliphatic carbocycles. The van der Waals surface area contributed by atoms with Crippen LogP contribution < -0.4 is 5.32 Å². The third-order valence-corrected chi connectivity index (χ3v) is 4.73. The predicted molar refractivity (Wildman–Crippen MR) is 82.4 cm³/mol. The molecule has 20 heavy (non-hydrogen) atoms. The van der Waals surface area contributed by atoms with E-state index in [0.29, 0.717) is 0 Å². The van der Waals surface area contributed by atoms with Crippen molar-refractivity contribution >= 4 is 17.0 Å². The van der Waals surface area contributed by atoms with Crippen molar-refractivity contribution in [3.05, 3.63) is 61.3 Å². The summed E-state index contributed by atoms with van der Waals surface area (Å²) in [7, 11) is 1.94. The van der Waals surface area contributed by atoms with E-state index in [1.165, 1.54) is 15.3 Å². The Morgan fingerprint density at radius 1 is 1.30 bits per heavy atom. The predicted octanol–water partition coefficient (Wildman–Crippen LogP) is 3.78. The molecule has 1 unspecified atom stereocenters. The highest BCUT2D eigenvalue weighted by Crippen LogP contribution is 2.28. The third-order valence-electron chi connectivity index (χ3n) is 3.46. The third kappa shape index (κ3) is 3.23. The van der Waals surface area contributed by atoms with Gasteiger partial charge in [0.2, 0.25) is 0 Å². The molecule has 2 aromatic rings. The second kappa shape index (κ2) is 6.15. The van der Waals surface area contributed by atoms with Crippen LogP contribution >= 0.6 is 11.3 Å². The number of hydrogen-bond acceptors (Lipinski definition) is 4. The molecule has 1 atom stereocenters. The Morgan fingerprint density at radius 3 is 2.40 bits per heavy atom. The maximum atomic E-state index is 10.6. The van der Waals surface area contributed by atoms with Gasteiger partial charge in [0.1, 0.15) is 0 Å². The number of likely N-dealkylation sites (N-methyl/N-ethyl adjacent to an activating group) is 1. The fourth-order valence-electron chi connectivity index (χ4n) is 2.11. The number of nitro benzene ring substituents is 1. The van der Waals surface area contributed by atoms with Gasteiger partial charge in [-0.1, -0.05) is 12.1 Å². The summed E-state index contributed by atoms with van der Waals surface area (Å²) in [5.74, 6) is 0. The van der Waals surface area contributed by atoms with Crippen LogP contribution in [-0.4, -0.2) is 12.0 Å². The van der Waals surface area contributed by atoms with Crippen LogP contribution in [0.25, 0.3) is 0 Å². The van der Waals surface area contributed by atoms with Crippen LogP contribution in [0.2, 0.25) is 0 Å². The van der Waals surface area contributed by atoms with Gasteiger partial charge in [-0.05, 0) is 44.5 Å². The Kier molecular flexibility index (Phi) is 4.52. The molecule has 0 saturated carbocycles. The first-order chi connectivity index (χ1) is 9.51. The lowest BCUT2D eigenvalue weighted by Crippen LogP contribution is -2.17. The van der Waals surface area contributed by atoms with Crippen LogP contribution in [0.5, 0.6) is 0 Å². The number of nitro groups is 1. The Hall–Kier alpha value is -1.72. The first-order valence-corrected chi connectivity index (χ1v) is 7.30. The van der Waals surface area contributed by atoms with Crippen molar-refractivity contribution in [3.63, 3.8) is 0 Å². The van der Waals surface area contributed by atoms with Crippen molar-refractivity contribution in [2.24, 2.45) is 0 Å². The molecule has 5 heteroatoms. The summed E-state index contributed by atoms with van der Waals surface area (Å²) in [5, 5.41) is 14.0. The topological polar surface area (TPSA) is 55.2 Å². The van der Waals surface area contributed by atoms with Gasteiger partial charge in [0.15, 0.2) is 0 Å². The first kappa shape index (κ1) is 14.7. The number of rotatable bonds is 5. The SMILES string of the molecule is CNC(Cc1ccc([N+](=O)[O-])cc1)c1cc(C)c(C)s1. The van der Waals surface area contributed by atoms with Crippen LogP contribution in [0, 0.1) is 24.0 Å². The largest absolute Gasteiger partial charge is 0.312 e. The van der Waals surface area contributed by atoms with E-state index >= 15 is 0 Å². The minimum Gasteiger partial charge on any atom is -0.312 e. The zero-order valence-corrected chi connectivity index (χ0v) is 12.7. The quantitative estimate of drug-likeness (QED) is 0.673. The van der Waals surface area contributed by atoms with Crippen LogP contribution in [0.3, 0.4) is 0 Å². The fourth-order valence-corrected chi connectivity index (χ4v) is 3.26. The number of hydrogen-bond donors (Lipinski definition) is 1. The van der Waals surface area contributed by atoms with Crippen molar-refractivity contribution in [2.45, 2.75) is 26.3 Å². The Labute approximate surface area is 122 Å². The molecule has 1 heterocycles. The van der Waals surface area contributed by atoms with E-state index in [4.69, 9.17) is 0 Å². The van der Waals surface area contributed by atoms with Gasteiger partial charge >= 0.3 is 0 Å². The van der Waals surface area contributed by atoms with E-state index in [-0.39, 0.29) is 16.7 Å². The lowest BCUT2D eigenvalue weighted by molar-refractivity contribution is -0.384. The van der Waals surface area contributed by atoms with Gasteiger partial charge < -0.3 is 5.32 Å². The second-order valence-corrected chi connectivity index (χ2v) is 6.14. The molecule has 0 aliphatic rings. The first-order valence-electron chi connectivity index (χ1n) is 6.48. The molecule has 1 aromatic heterocycles. The average Bonchev–Trinajstić information content (AvgIpc) is 2.76. The van der Waals surface area contributed by atoms with Crippen LogP contribution in [0.1, 0.15) is 26.9 Å². The summed E-state index contributed by atoms with van der Waals surface area (Å²) < 4.78 is 0. The van der Waals surface area contributed by atoms with Gasteiger partial charge in [-0.25, -0.2) is 0 Å². The van der Waals surface area contributed by atoms with E-state index in [1.54, 1.807) is 23.5 Å². The molecular weight excluding hydrogens is 272 g/mol. The summed E-state index contributed by atoms with van der Waals surface area (Å²) in [6.07, 6.45) is 0.827. The Morgan fingerprint density at radius 2 is 1.95 bits per heavy atom. The Balaban J connectivity index is 2.15. The van der Waals surface area contributed by atoms with E-state index in [2.05, 4.69) is 25.2 Å². The van der Waals surface area contributed by atoms with E-state index < -0.39 is 0 Å². The molecule has 0 fully saturated rings. The van der Waals surface area contributed by atoms with Crippen molar-refractivity contribution in [1.82, 2.24) is 5.32 Å². The highest BCUT2D eigenvalue weighted by Gasteiger charge is 2.14. The molecule has 0 radical (unpaired) electrons. The monoisotopic (exact) mass is 290 g/mol. The zero-order chi connectivity index (χ0) is 14.7. The van der Waals surface area contributed by atoms with E-state index in [1.807, 2.05) is 19.2 Å². The van der Waals surface area contributed by atoms with Crippen molar-refractivity contribution in [3.8, 4) is 0 Å². The number of nitrogens with zero attached hydrogens (tertiary/aromatic N) is 1. The zero-order valence-electron chi connectivity index (χ0n) is 11.8. The summed E-state index contributed by atoms with van der Waals surface area (Å²) in [5.41, 5.74) is 2.55. The lowest BCUT2D eigenvalue weighted by atomic mass is 10.0. The molecule has 0 amide bonds. The number of aryl methyl sites for hydroxylation is 2. The summed E-state index contributed by atoms with van der Waals surface area (Å²) in [6, 6.07) is 9.24. The maximum Gasteiger partial charge on any atom is 0.269 e. The number of non-ortho nitro benzene ring substituents is 1. The molecule has 1 aromatic carbocycles. The normalized spacial score (nSPS) is 12.3. The number of benzene rings is 1. The molecule has 4 nitrogen and oxygen atoms in total. The maximum absolute atomic E-state index is 10.6. The summed E-state index contributed by atoms with van der Waals surface area (Å²) in [4.78, 5) is 12.9. The second-order valence-electron chi connectivity index (χ2n) is 4.86. The lowest BCUT2D eigenvalue weighted by Gasteiger charge is -2.14. The van der Waals surface area contributed by atoms with Crippen molar-refractivity contribution in [1.29, 1.82) is 0 Å². The molecular formula is C15H18N2O2S. The fraction of sp³-hybridized carbons (Fsp3) is 0.333. The average molecular weight is 290 g/mol. The van der Waals surface area contributed by atoms with Gasteiger partial charge in [0, 0.05) is 27.9 Å². The number of thiophene rings is 1. The molecule has 0 saturated heterocycles. The molecule has 106 valence electrons.